The standard InChI is InChI=1S/C2F2O4.2BH3O3.Li.H/c3-7-1(5)2(6)8-4;2*2-1(3)4;;/h;2*2-4H;;. The summed E-state index contributed by atoms with van der Waals surface area (Å²) in [4.78, 5) is 23.4. The third-order valence-corrected chi connectivity index (χ3v) is 0.307. The van der Waals surface area contributed by atoms with Crippen LogP contribution in [0.15, 0.2) is 0 Å². The first-order chi connectivity index (χ1) is 7.18. The molecule has 0 rings (SSSR count). The molecule has 0 heterocycles. The van der Waals surface area contributed by atoms with Crippen LogP contribution in [-0.2, 0) is 19.5 Å². The summed E-state index contributed by atoms with van der Waals surface area (Å²) in [5.74, 6) is -4.04. The van der Waals surface area contributed by atoms with Crippen molar-refractivity contribution < 1.29 is 58.7 Å². The first-order valence-electron chi connectivity index (χ1n) is 2.92. The molecule has 0 bridgehead atoms. The van der Waals surface area contributed by atoms with Gasteiger partial charge in [0, 0.05) is 9.05 Å². The maximum absolute atomic E-state index is 10.5. The zero-order valence-corrected chi connectivity index (χ0v) is 7.23. The molecule has 6 N–H and O–H groups in total. The Balaban J connectivity index is -0.0000000806. The number of halogens is 2. The second-order valence-electron chi connectivity index (χ2n) is 1.42. The van der Waals surface area contributed by atoms with Crippen LogP contribution in [0.5, 0.6) is 0 Å². The van der Waals surface area contributed by atoms with Crippen LogP contribution in [0.3, 0.4) is 0 Å². The van der Waals surface area contributed by atoms with Gasteiger partial charge in [0.25, 0.3) is 0 Å². The van der Waals surface area contributed by atoms with E-state index in [1.54, 1.807) is 0 Å². The third-order valence-electron chi connectivity index (χ3n) is 0.307. The minimum atomic E-state index is -2.17. The molecule has 0 amide bonds. The molecule has 0 aromatic rings. The van der Waals surface area contributed by atoms with Crippen LogP contribution in [0.2, 0.25) is 0 Å². The average Bonchev–Trinajstić information content (AvgIpc) is 2.13. The number of carbonyl (C=O) groups is 2. The van der Waals surface area contributed by atoms with Crippen molar-refractivity contribution in [3.8, 4) is 0 Å². The SMILES string of the molecule is O=C(OF)C(=O)OF.OB(O)O.OB(O)O.[LiH]. The summed E-state index contributed by atoms with van der Waals surface area (Å²) >= 11 is 0. The van der Waals surface area contributed by atoms with E-state index in [-0.39, 0.29) is 18.9 Å². The molecule has 10 nitrogen and oxygen atoms in total. The Bertz CT molecular complexity index is 166. The molecule has 0 radical (unpaired) electrons. The number of rotatable bonds is 0. The Morgan fingerprint density at radius 3 is 0.941 bits per heavy atom. The summed E-state index contributed by atoms with van der Waals surface area (Å²) in [6.07, 6.45) is 0. The topological polar surface area (TPSA) is 174 Å². The molecule has 96 valence electrons. The van der Waals surface area contributed by atoms with Crippen molar-refractivity contribution in [3.05, 3.63) is 0 Å². The summed E-state index contributed by atoms with van der Waals surface area (Å²) < 4.78 is 21.0. The number of hydrogen-bond acceptors (Lipinski definition) is 10. The molecular formula is C2H7B2F2LiO10. The van der Waals surface area contributed by atoms with Crippen LogP contribution in [0, 0.1) is 0 Å². The summed E-state index contributed by atoms with van der Waals surface area (Å²) in [7, 11) is -4.33. The van der Waals surface area contributed by atoms with Gasteiger partial charge in [-0.1, -0.05) is 0 Å². The number of carbonyl (C=O) groups excluding carboxylic acids is 2. The van der Waals surface area contributed by atoms with Gasteiger partial charge in [0.15, 0.2) is 0 Å². The van der Waals surface area contributed by atoms with Gasteiger partial charge in [-0.15, -0.1) is 0 Å². The van der Waals surface area contributed by atoms with E-state index < -0.39 is 26.6 Å². The van der Waals surface area contributed by atoms with Crippen LogP contribution < -0.4 is 0 Å². The molecule has 17 heavy (non-hydrogen) atoms. The zero-order chi connectivity index (χ0) is 13.7. The molecule has 0 aromatic heterocycles. The Morgan fingerprint density at radius 1 is 0.765 bits per heavy atom. The monoisotopic (exact) mass is 258 g/mol. The van der Waals surface area contributed by atoms with Gasteiger partial charge in [0.2, 0.25) is 0 Å². The predicted molar refractivity (Wildman–Crippen MR) is 46.4 cm³/mol. The molecule has 0 unspecified atom stereocenters. The van der Waals surface area contributed by atoms with Gasteiger partial charge in [-0.05, 0) is 0 Å². The van der Waals surface area contributed by atoms with Crippen LogP contribution >= 0.6 is 0 Å². The van der Waals surface area contributed by atoms with Gasteiger partial charge in [-0.25, -0.2) is 19.5 Å². The van der Waals surface area contributed by atoms with E-state index in [4.69, 9.17) is 30.1 Å². The Kier molecular flexibility index (Phi) is 26.2. The fourth-order valence-electron chi connectivity index (χ4n) is 0.0630. The van der Waals surface area contributed by atoms with Crippen molar-refractivity contribution in [1.29, 1.82) is 0 Å². The maximum atomic E-state index is 10.5. The zero-order valence-electron chi connectivity index (χ0n) is 7.23. The molecule has 0 saturated heterocycles. The molecule has 15 heteroatoms. The molecule has 0 aliphatic heterocycles. The minimum absolute atomic E-state index is 0. The van der Waals surface area contributed by atoms with Crippen molar-refractivity contribution >= 4 is 45.4 Å². The average molecular weight is 258 g/mol. The Morgan fingerprint density at radius 2 is 0.882 bits per heavy atom. The van der Waals surface area contributed by atoms with E-state index in [0.29, 0.717) is 0 Å². The van der Waals surface area contributed by atoms with Gasteiger partial charge in [-0.3, -0.25) is 0 Å². The van der Waals surface area contributed by atoms with E-state index in [2.05, 4.69) is 9.88 Å². The van der Waals surface area contributed by atoms with Gasteiger partial charge >= 0.3 is 45.4 Å². The molecule has 0 fully saturated rings. The van der Waals surface area contributed by atoms with Crippen LogP contribution in [0.25, 0.3) is 0 Å². The second-order valence-corrected chi connectivity index (χ2v) is 1.42. The first kappa shape index (κ1) is 25.2. The summed E-state index contributed by atoms with van der Waals surface area (Å²) in [6, 6.07) is 0. The van der Waals surface area contributed by atoms with E-state index in [1.807, 2.05) is 0 Å². The van der Waals surface area contributed by atoms with Crippen molar-refractivity contribution in [1.82, 2.24) is 0 Å². The number of hydrogen-bond donors (Lipinski definition) is 6. The van der Waals surface area contributed by atoms with Crippen LogP contribution in [0.1, 0.15) is 0 Å². The second kappa shape index (κ2) is 17.7. The fourth-order valence-corrected chi connectivity index (χ4v) is 0.0630. The van der Waals surface area contributed by atoms with Crippen molar-refractivity contribution in [2.75, 3.05) is 0 Å². The summed E-state index contributed by atoms with van der Waals surface area (Å²) in [5, 5.41) is 43.0. The quantitative estimate of drug-likeness (QED) is 0.182. The summed E-state index contributed by atoms with van der Waals surface area (Å²) in [5.41, 5.74) is 0. The van der Waals surface area contributed by atoms with E-state index in [9.17, 15) is 18.6 Å². The molecule has 0 atom stereocenters. The molecule has 0 aliphatic carbocycles. The molecule has 0 aromatic carbocycles. The van der Waals surface area contributed by atoms with E-state index in [1.165, 1.54) is 0 Å². The van der Waals surface area contributed by atoms with Crippen LogP contribution in [0.4, 0.5) is 9.05 Å². The molecule has 0 aliphatic rings. The van der Waals surface area contributed by atoms with Crippen molar-refractivity contribution in [2.45, 2.75) is 0 Å². The van der Waals surface area contributed by atoms with Gasteiger partial charge < -0.3 is 30.1 Å². The third kappa shape index (κ3) is 50.8. The molecule has 0 spiro atoms. The van der Waals surface area contributed by atoms with Gasteiger partial charge in [0.1, 0.15) is 0 Å². The fraction of sp³-hybridized carbons (Fsp3) is 0. The van der Waals surface area contributed by atoms with E-state index >= 15 is 0 Å². The Labute approximate surface area is 105 Å². The van der Waals surface area contributed by atoms with Gasteiger partial charge in [0.05, 0.1) is 0 Å². The Hall–Kier alpha value is -0.713. The van der Waals surface area contributed by atoms with Crippen molar-refractivity contribution in [2.24, 2.45) is 0 Å². The van der Waals surface area contributed by atoms with E-state index in [0.717, 1.165) is 0 Å². The van der Waals surface area contributed by atoms with Gasteiger partial charge in [-0.2, -0.15) is 0 Å². The normalized spacial score (nSPS) is 6.82. The molecule has 0 saturated carbocycles. The van der Waals surface area contributed by atoms with Crippen molar-refractivity contribution in [3.63, 3.8) is 0 Å². The summed E-state index contributed by atoms with van der Waals surface area (Å²) in [6.45, 7) is 0. The molecular weight excluding hydrogens is 251 g/mol. The predicted octanol–water partition coefficient (Wildman–Crippen LogP) is -4.91. The first-order valence-corrected chi connectivity index (χ1v) is 2.92. The van der Waals surface area contributed by atoms with Crippen LogP contribution in [-0.4, -0.2) is 75.6 Å².